The van der Waals surface area contributed by atoms with E-state index >= 15 is 0 Å². The highest BCUT2D eigenvalue weighted by molar-refractivity contribution is 9.09. The van der Waals surface area contributed by atoms with E-state index in [1.165, 1.54) is 0 Å². The van der Waals surface area contributed by atoms with Crippen LogP contribution in [-0.2, 0) is 4.74 Å². The van der Waals surface area contributed by atoms with Gasteiger partial charge in [0.15, 0.2) is 0 Å². The number of aromatic carboxylic acids is 1. The van der Waals surface area contributed by atoms with Gasteiger partial charge in [-0.25, -0.2) is 4.79 Å². The smallest absolute Gasteiger partial charge is 0.336 e. The number of hydrogen-bond acceptors (Lipinski definition) is 2. The lowest BCUT2D eigenvalue weighted by atomic mass is 9.80. The molecule has 0 aliphatic heterocycles. The number of methoxy groups -OCH3 is 1. The zero-order chi connectivity index (χ0) is 18.5. The van der Waals surface area contributed by atoms with Crippen molar-refractivity contribution in [2.75, 3.05) is 7.11 Å². The number of alkyl halides is 1. The molecule has 3 nitrogen and oxygen atoms in total. The molecule has 0 spiro atoms. The minimum atomic E-state index is -0.953. The number of carbonyl (C=O) groups is 1. The fourth-order valence-corrected chi connectivity index (χ4v) is 3.99. The molecule has 1 aromatic carbocycles. The highest BCUT2D eigenvalue weighted by Crippen LogP contribution is 2.40. The van der Waals surface area contributed by atoms with Crippen molar-refractivity contribution in [2.45, 2.75) is 11.2 Å². The number of carboxylic acids is 1. The molecule has 0 aromatic heterocycles. The van der Waals surface area contributed by atoms with Crippen molar-refractivity contribution in [2.24, 2.45) is 11.8 Å². The average Bonchev–Trinajstić information content (AvgIpc) is 2.62. The Bertz CT molecular complexity index is 880. The van der Waals surface area contributed by atoms with Crippen molar-refractivity contribution in [3.63, 3.8) is 0 Å². The Morgan fingerprint density at radius 1 is 1.27 bits per heavy atom. The summed E-state index contributed by atoms with van der Waals surface area (Å²) in [5.74, 6) is 6.21. The average molecular weight is 411 g/mol. The molecule has 0 amide bonds. The van der Waals surface area contributed by atoms with Crippen LogP contribution in [0.2, 0.25) is 0 Å². The van der Waals surface area contributed by atoms with Gasteiger partial charge >= 0.3 is 5.97 Å². The molecule has 26 heavy (non-hydrogen) atoms. The summed E-state index contributed by atoms with van der Waals surface area (Å²) in [5, 5.41) is 9.55. The van der Waals surface area contributed by atoms with Crippen LogP contribution in [-0.4, -0.2) is 23.0 Å². The molecule has 3 unspecified atom stereocenters. The van der Waals surface area contributed by atoms with E-state index in [2.05, 4.69) is 33.8 Å². The summed E-state index contributed by atoms with van der Waals surface area (Å²) < 4.78 is 5.79. The van der Waals surface area contributed by atoms with E-state index < -0.39 is 5.97 Å². The van der Waals surface area contributed by atoms with E-state index in [0.29, 0.717) is 5.56 Å². The van der Waals surface area contributed by atoms with Crippen LogP contribution in [0, 0.1) is 23.7 Å². The quantitative estimate of drug-likeness (QED) is 0.571. The highest BCUT2D eigenvalue weighted by Gasteiger charge is 2.34. The molecule has 0 saturated heterocycles. The summed E-state index contributed by atoms with van der Waals surface area (Å²) in [5.41, 5.74) is 1.70. The van der Waals surface area contributed by atoms with Crippen molar-refractivity contribution in [3.8, 4) is 11.8 Å². The molecule has 0 heterocycles. The first-order valence-electron chi connectivity index (χ1n) is 8.38. The third kappa shape index (κ3) is 3.68. The molecule has 0 saturated carbocycles. The van der Waals surface area contributed by atoms with Gasteiger partial charge in [-0.3, -0.25) is 0 Å². The monoisotopic (exact) mass is 410 g/mol. The van der Waals surface area contributed by atoms with Crippen LogP contribution in [0.3, 0.4) is 0 Å². The third-order valence-corrected chi connectivity index (χ3v) is 5.34. The van der Waals surface area contributed by atoms with Gasteiger partial charge in [0, 0.05) is 22.7 Å². The lowest BCUT2D eigenvalue weighted by molar-refractivity contribution is 0.0696. The Morgan fingerprint density at radius 2 is 2.08 bits per heavy atom. The minimum absolute atomic E-state index is 0.0313. The zero-order valence-corrected chi connectivity index (χ0v) is 15.9. The van der Waals surface area contributed by atoms with Gasteiger partial charge in [-0.2, -0.15) is 0 Å². The Kier molecular flexibility index (Phi) is 5.80. The van der Waals surface area contributed by atoms with Gasteiger partial charge in [-0.05, 0) is 11.6 Å². The molecule has 132 valence electrons. The molecule has 3 rings (SSSR count). The van der Waals surface area contributed by atoms with Crippen molar-refractivity contribution < 1.29 is 14.6 Å². The normalized spacial score (nSPS) is 25.7. The Labute approximate surface area is 161 Å². The van der Waals surface area contributed by atoms with Gasteiger partial charge in [0.2, 0.25) is 0 Å². The van der Waals surface area contributed by atoms with E-state index in [4.69, 9.17) is 4.74 Å². The van der Waals surface area contributed by atoms with Crippen LogP contribution in [0.5, 0.6) is 0 Å². The second-order valence-corrected chi connectivity index (χ2v) is 7.08. The van der Waals surface area contributed by atoms with E-state index in [-0.39, 0.29) is 22.2 Å². The number of benzene rings is 1. The molecule has 0 bridgehead atoms. The largest absolute Gasteiger partial charge is 0.500 e. The van der Waals surface area contributed by atoms with Gasteiger partial charge in [-0.15, -0.1) is 0 Å². The number of carboxylic acid groups (broad SMARTS) is 1. The second kappa shape index (κ2) is 8.25. The van der Waals surface area contributed by atoms with Crippen LogP contribution >= 0.6 is 15.9 Å². The van der Waals surface area contributed by atoms with Gasteiger partial charge in [0.05, 0.1) is 18.6 Å². The van der Waals surface area contributed by atoms with E-state index in [1.54, 1.807) is 19.2 Å². The second-order valence-electron chi connectivity index (χ2n) is 6.03. The maximum absolute atomic E-state index is 11.7. The molecular weight excluding hydrogens is 392 g/mol. The summed E-state index contributed by atoms with van der Waals surface area (Å²) in [6.07, 6.45) is 12.8. The van der Waals surface area contributed by atoms with Gasteiger partial charge in [0.1, 0.15) is 5.76 Å². The molecule has 3 atom stereocenters. The summed E-state index contributed by atoms with van der Waals surface area (Å²) in [7, 11) is 1.63. The number of allylic oxidation sites excluding steroid dienone is 8. The van der Waals surface area contributed by atoms with E-state index in [0.717, 1.165) is 17.8 Å². The molecule has 0 fully saturated rings. The molecule has 4 heteroatoms. The Morgan fingerprint density at radius 3 is 2.85 bits per heavy atom. The topological polar surface area (TPSA) is 46.5 Å². The minimum Gasteiger partial charge on any atom is -0.500 e. The van der Waals surface area contributed by atoms with E-state index in [9.17, 15) is 9.90 Å². The molecule has 0 radical (unpaired) electrons. The van der Waals surface area contributed by atoms with Gasteiger partial charge in [-0.1, -0.05) is 82.4 Å². The SMILES string of the molecule is COC1=C(c2ccccc2C(=O)O)C=CC(Br)C1C1C#CC/C=C\C=C1. The van der Waals surface area contributed by atoms with Crippen molar-refractivity contribution in [3.05, 3.63) is 77.6 Å². The number of ether oxygens (including phenoxy) is 1. The predicted molar refractivity (Wildman–Crippen MR) is 107 cm³/mol. The van der Waals surface area contributed by atoms with Crippen LogP contribution < -0.4 is 0 Å². The van der Waals surface area contributed by atoms with Crippen LogP contribution in [0.1, 0.15) is 22.3 Å². The summed E-state index contributed by atoms with van der Waals surface area (Å²) in [6, 6.07) is 7.00. The van der Waals surface area contributed by atoms with Crippen LogP contribution in [0.4, 0.5) is 0 Å². The summed E-state index contributed by atoms with van der Waals surface area (Å²) in [4.78, 5) is 11.7. The van der Waals surface area contributed by atoms with Gasteiger partial charge < -0.3 is 9.84 Å². The first-order chi connectivity index (χ1) is 12.6. The van der Waals surface area contributed by atoms with Crippen LogP contribution in [0.15, 0.2) is 66.5 Å². The first kappa shape index (κ1) is 18.3. The van der Waals surface area contributed by atoms with Crippen LogP contribution in [0.25, 0.3) is 5.57 Å². The lowest BCUT2D eigenvalue weighted by Crippen LogP contribution is -2.27. The van der Waals surface area contributed by atoms with Crippen molar-refractivity contribution >= 4 is 27.5 Å². The zero-order valence-electron chi connectivity index (χ0n) is 14.4. The summed E-state index contributed by atoms with van der Waals surface area (Å²) >= 11 is 3.73. The number of halogens is 1. The maximum atomic E-state index is 11.7. The summed E-state index contributed by atoms with van der Waals surface area (Å²) in [6.45, 7) is 0. The Hall–Kier alpha value is -2.51. The fraction of sp³-hybridized carbons (Fsp3) is 0.227. The maximum Gasteiger partial charge on any atom is 0.336 e. The van der Waals surface area contributed by atoms with Crippen molar-refractivity contribution in [1.29, 1.82) is 0 Å². The number of rotatable bonds is 4. The number of hydrogen-bond donors (Lipinski definition) is 1. The first-order valence-corrected chi connectivity index (χ1v) is 9.30. The third-order valence-electron chi connectivity index (χ3n) is 4.47. The molecule has 1 aromatic rings. The predicted octanol–water partition coefficient (Wildman–Crippen LogP) is 4.83. The van der Waals surface area contributed by atoms with Gasteiger partial charge in [0.25, 0.3) is 0 Å². The van der Waals surface area contributed by atoms with E-state index in [1.807, 2.05) is 42.5 Å². The molecular formula is C22H19BrO3. The van der Waals surface area contributed by atoms with Crippen molar-refractivity contribution in [1.82, 2.24) is 0 Å². The highest BCUT2D eigenvalue weighted by atomic mass is 79.9. The molecule has 1 N–H and O–H groups in total. The molecule has 2 aliphatic rings. The standard InChI is InChI=1S/C22H19BrO3/c1-26-21-17(16-11-7-8-12-18(16)22(24)25)13-14-19(23)20(21)15-9-5-3-2-4-6-10-15/h2-3,5,7-9,11-15,19-20H,4H2,1H3,(H,24,25)/b3-2-,9-5?. The fourth-order valence-electron chi connectivity index (χ4n) is 3.27. The Balaban J connectivity index is 2.13. The lowest BCUT2D eigenvalue weighted by Gasteiger charge is -2.31. The molecule has 2 aliphatic carbocycles.